The molecule has 1 aromatic rings. The van der Waals surface area contributed by atoms with Crippen LogP contribution in [0.4, 0.5) is 4.79 Å². The van der Waals surface area contributed by atoms with Crippen molar-refractivity contribution in [2.75, 3.05) is 19.9 Å². The van der Waals surface area contributed by atoms with Gasteiger partial charge in [0.2, 0.25) is 18.6 Å². The van der Waals surface area contributed by atoms with Crippen molar-refractivity contribution in [3.8, 4) is 11.5 Å². The van der Waals surface area contributed by atoms with Gasteiger partial charge in [0.1, 0.15) is 12.1 Å². The lowest BCUT2D eigenvalue weighted by molar-refractivity contribution is -0.134. The van der Waals surface area contributed by atoms with Crippen LogP contribution in [0.15, 0.2) is 18.2 Å². The number of fused-ring (bicyclic) bond motifs is 1. The molecule has 4 N–H and O–H groups in total. The first-order valence-corrected chi connectivity index (χ1v) is 7.86. The van der Waals surface area contributed by atoms with Gasteiger partial charge in [0.15, 0.2) is 11.5 Å². The van der Waals surface area contributed by atoms with Gasteiger partial charge in [-0.1, -0.05) is 6.07 Å². The van der Waals surface area contributed by atoms with Gasteiger partial charge in [0, 0.05) is 6.42 Å². The molecule has 2 heterocycles. The van der Waals surface area contributed by atoms with Crippen LogP contribution < -0.4 is 25.8 Å². The van der Waals surface area contributed by atoms with Crippen LogP contribution in [0.5, 0.6) is 11.5 Å². The first-order valence-electron chi connectivity index (χ1n) is 7.86. The number of nitrogens with two attached hydrogens (primary N) is 1. The topological polar surface area (TPSA) is 140 Å². The zero-order valence-corrected chi connectivity index (χ0v) is 14.0. The van der Waals surface area contributed by atoms with E-state index in [1.807, 2.05) is 0 Å². The van der Waals surface area contributed by atoms with Crippen LogP contribution in [0.25, 0.3) is 0 Å². The number of hydrogen-bond donors (Lipinski definition) is 3. The molecule has 5 amide bonds. The van der Waals surface area contributed by atoms with E-state index in [4.69, 9.17) is 15.2 Å². The molecular weight excluding hydrogens is 344 g/mol. The Morgan fingerprint density at radius 3 is 2.77 bits per heavy atom. The third kappa shape index (κ3) is 3.39. The van der Waals surface area contributed by atoms with Crippen LogP contribution in [0.2, 0.25) is 0 Å². The van der Waals surface area contributed by atoms with Gasteiger partial charge in [-0.05, 0) is 24.6 Å². The molecule has 0 bridgehead atoms. The molecule has 0 aliphatic carbocycles. The Morgan fingerprint density at radius 1 is 1.31 bits per heavy atom. The Kier molecular flexibility index (Phi) is 4.41. The second-order valence-corrected chi connectivity index (χ2v) is 6.26. The maximum absolute atomic E-state index is 12.7. The molecule has 10 heteroatoms. The number of amides is 5. The summed E-state index contributed by atoms with van der Waals surface area (Å²) in [4.78, 5) is 48.1. The average Bonchev–Trinajstić information content (AvgIpc) is 3.11. The van der Waals surface area contributed by atoms with Crippen molar-refractivity contribution in [1.82, 2.24) is 15.5 Å². The fourth-order valence-electron chi connectivity index (χ4n) is 2.85. The van der Waals surface area contributed by atoms with E-state index in [0.29, 0.717) is 11.5 Å². The van der Waals surface area contributed by atoms with Gasteiger partial charge in [-0.2, -0.15) is 0 Å². The molecule has 26 heavy (non-hydrogen) atoms. The lowest BCUT2D eigenvalue weighted by Gasteiger charge is -2.21. The number of ether oxygens (including phenoxy) is 2. The summed E-state index contributed by atoms with van der Waals surface area (Å²) in [7, 11) is 0. The number of hydrogen-bond acceptors (Lipinski definition) is 6. The standard InChI is InChI=1S/C16H18N4O6/c1-16(5-9-2-3-10-11(4-9)26-8-25-10)14(23)20(15(24)19-16)7-13(22)18-6-12(17)21/h2-4H,5-8H2,1H3,(H2,17,21)(H,18,22)(H,19,24)/t16-/m0/s1. The number of carbonyl (C=O) groups excluding carboxylic acids is 4. The molecule has 2 aliphatic heterocycles. The van der Waals surface area contributed by atoms with Crippen molar-refractivity contribution in [2.24, 2.45) is 5.73 Å². The van der Waals surface area contributed by atoms with Crippen molar-refractivity contribution in [1.29, 1.82) is 0 Å². The smallest absolute Gasteiger partial charge is 0.325 e. The fourth-order valence-corrected chi connectivity index (χ4v) is 2.85. The highest BCUT2D eigenvalue weighted by Gasteiger charge is 2.48. The summed E-state index contributed by atoms with van der Waals surface area (Å²) in [5, 5.41) is 4.85. The summed E-state index contributed by atoms with van der Waals surface area (Å²) < 4.78 is 10.6. The zero-order chi connectivity index (χ0) is 18.9. The molecule has 0 radical (unpaired) electrons. The SMILES string of the molecule is C[C@@]1(Cc2ccc3c(c2)OCO3)NC(=O)N(CC(=O)NCC(N)=O)C1=O. The van der Waals surface area contributed by atoms with Gasteiger partial charge < -0.3 is 25.8 Å². The van der Waals surface area contributed by atoms with Gasteiger partial charge in [0.25, 0.3) is 5.91 Å². The molecule has 1 fully saturated rings. The first kappa shape index (κ1) is 17.5. The normalized spacial score (nSPS) is 20.9. The average molecular weight is 362 g/mol. The Morgan fingerprint density at radius 2 is 2.04 bits per heavy atom. The maximum atomic E-state index is 12.7. The maximum Gasteiger partial charge on any atom is 0.325 e. The molecule has 1 saturated heterocycles. The van der Waals surface area contributed by atoms with Crippen LogP contribution in [0.3, 0.4) is 0 Å². The highest BCUT2D eigenvalue weighted by atomic mass is 16.7. The molecule has 1 aromatic carbocycles. The molecule has 0 saturated carbocycles. The summed E-state index contributed by atoms with van der Waals surface area (Å²) >= 11 is 0. The van der Waals surface area contributed by atoms with Crippen LogP contribution >= 0.6 is 0 Å². The van der Waals surface area contributed by atoms with Gasteiger partial charge in [0.05, 0.1) is 6.54 Å². The quantitative estimate of drug-likeness (QED) is 0.547. The van der Waals surface area contributed by atoms with E-state index in [-0.39, 0.29) is 19.8 Å². The van der Waals surface area contributed by atoms with E-state index in [2.05, 4.69) is 10.6 Å². The predicted octanol–water partition coefficient (Wildman–Crippen LogP) is -1.13. The molecule has 0 spiro atoms. The lowest BCUT2D eigenvalue weighted by atomic mass is 9.92. The van der Waals surface area contributed by atoms with Gasteiger partial charge >= 0.3 is 6.03 Å². The Balaban J connectivity index is 1.68. The molecular formula is C16H18N4O6. The molecule has 0 unspecified atom stereocenters. The minimum absolute atomic E-state index is 0.139. The Bertz CT molecular complexity index is 795. The van der Waals surface area contributed by atoms with Crippen molar-refractivity contribution in [3.05, 3.63) is 23.8 Å². The number of benzene rings is 1. The van der Waals surface area contributed by atoms with Crippen molar-refractivity contribution < 1.29 is 28.7 Å². The highest BCUT2D eigenvalue weighted by Crippen LogP contribution is 2.34. The fraction of sp³-hybridized carbons (Fsp3) is 0.375. The van der Waals surface area contributed by atoms with Crippen LogP contribution in [0, 0.1) is 0 Å². The number of urea groups is 1. The number of primary amides is 1. The van der Waals surface area contributed by atoms with Gasteiger partial charge in [-0.25, -0.2) is 4.79 Å². The van der Waals surface area contributed by atoms with Crippen molar-refractivity contribution in [2.45, 2.75) is 18.9 Å². The van der Waals surface area contributed by atoms with E-state index in [9.17, 15) is 19.2 Å². The predicted molar refractivity (Wildman–Crippen MR) is 87.1 cm³/mol. The van der Waals surface area contributed by atoms with Crippen molar-refractivity contribution in [3.63, 3.8) is 0 Å². The van der Waals surface area contributed by atoms with Gasteiger partial charge in [-0.15, -0.1) is 0 Å². The third-order valence-corrected chi connectivity index (χ3v) is 4.10. The second kappa shape index (κ2) is 6.54. The summed E-state index contributed by atoms with van der Waals surface area (Å²) in [6, 6.07) is 4.58. The molecule has 138 valence electrons. The number of imide groups is 1. The van der Waals surface area contributed by atoms with Crippen LogP contribution in [-0.4, -0.2) is 54.1 Å². The lowest BCUT2D eigenvalue weighted by Crippen LogP contribution is -2.47. The molecule has 1 atom stereocenters. The summed E-state index contributed by atoms with van der Waals surface area (Å²) in [5.74, 6) is -0.712. The number of carbonyl (C=O) groups is 4. The first-order chi connectivity index (χ1) is 12.3. The zero-order valence-electron chi connectivity index (χ0n) is 14.0. The van der Waals surface area contributed by atoms with E-state index < -0.39 is 35.8 Å². The monoisotopic (exact) mass is 362 g/mol. The van der Waals surface area contributed by atoms with Crippen LogP contribution in [-0.2, 0) is 20.8 Å². The largest absolute Gasteiger partial charge is 0.454 e. The summed E-state index contributed by atoms with van der Waals surface area (Å²) in [6.45, 7) is 0.866. The Labute approximate surface area is 148 Å². The van der Waals surface area contributed by atoms with E-state index in [0.717, 1.165) is 10.5 Å². The summed E-state index contributed by atoms with van der Waals surface area (Å²) in [5.41, 5.74) is 4.51. The van der Waals surface area contributed by atoms with E-state index >= 15 is 0 Å². The highest BCUT2D eigenvalue weighted by molar-refractivity contribution is 6.09. The molecule has 2 aliphatic rings. The minimum atomic E-state index is -1.20. The third-order valence-electron chi connectivity index (χ3n) is 4.10. The van der Waals surface area contributed by atoms with Crippen molar-refractivity contribution >= 4 is 23.8 Å². The van der Waals surface area contributed by atoms with Crippen LogP contribution in [0.1, 0.15) is 12.5 Å². The second-order valence-electron chi connectivity index (χ2n) is 6.26. The Hall–Kier alpha value is -3.30. The van der Waals surface area contributed by atoms with E-state index in [1.54, 1.807) is 25.1 Å². The number of nitrogens with one attached hydrogen (secondary N) is 2. The molecule has 10 nitrogen and oxygen atoms in total. The minimum Gasteiger partial charge on any atom is -0.454 e. The van der Waals surface area contributed by atoms with Gasteiger partial charge in [-0.3, -0.25) is 19.3 Å². The number of rotatable bonds is 6. The summed E-state index contributed by atoms with van der Waals surface area (Å²) in [6.07, 6.45) is 0.216. The number of nitrogens with zero attached hydrogens (tertiary/aromatic N) is 1. The molecule has 0 aromatic heterocycles. The van der Waals surface area contributed by atoms with E-state index in [1.165, 1.54) is 0 Å². The molecule has 3 rings (SSSR count).